The van der Waals surface area contributed by atoms with Gasteiger partial charge in [0.15, 0.2) is 0 Å². The third kappa shape index (κ3) is 6.47. The van der Waals surface area contributed by atoms with Crippen LogP contribution < -0.4 is 10.6 Å². The maximum Gasteiger partial charge on any atom is 0.123 e. The number of nitrogens with one attached hydrogen (secondary N) is 2. The highest BCUT2D eigenvalue weighted by atomic mass is 35.5. The van der Waals surface area contributed by atoms with Gasteiger partial charge in [0.05, 0.1) is 59.3 Å². The van der Waals surface area contributed by atoms with Crippen LogP contribution in [-0.2, 0) is 4.74 Å². The van der Waals surface area contributed by atoms with Crippen molar-refractivity contribution in [2.24, 2.45) is 0 Å². The van der Waals surface area contributed by atoms with Crippen molar-refractivity contribution in [3.63, 3.8) is 0 Å². The number of ether oxygens (including phenoxy) is 1. The Morgan fingerprint density at radius 2 is 1.80 bits per heavy atom. The number of nitriles is 1. The van der Waals surface area contributed by atoms with Crippen LogP contribution in [0.1, 0.15) is 53.4 Å². The number of nitrogens with zero attached hydrogens (tertiary/aromatic N) is 6. The Labute approximate surface area is 265 Å². The van der Waals surface area contributed by atoms with Gasteiger partial charge in [0, 0.05) is 36.9 Å². The van der Waals surface area contributed by atoms with E-state index >= 15 is 0 Å². The van der Waals surface area contributed by atoms with E-state index in [4.69, 9.17) is 16.3 Å². The topological polar surface area (TPSA) is 104 Å². The maximum atomic E-state index is 13.9. The molecule has 5 aromatic rings. The number of benzene rings is 3. The molecule has 2 N–H and O–H groups in total. The average Bonchev–Trinajstić information content (AvgIpc) is 3.81. The number of fused-ring (bicyclic) bond motifs is 1. The molecule has 2 aromatic heterocycles. The second-order valence-corrected chi connectivity index (χ2v) is 11.9. The molecule has 3 aromatic carbocycles. The number of pyridine rings is 1. The molecule has 0 spiro atoms. The Kier molecular flexibility index (Phi) is 8.31. The molecule has 1 aliphatic carbocycles. The average molecular weight is 623 g/mol. The van der Waals surface area contributed by atoms with Gasteiger partial charge in [0.25, 0.3) is 0 Å². The lowest BCUT2D eigenvalue weighted by Crippen LogP contribution is -2.40. The zero-order chi connectivity index (χ0) is 30.8. The van der Waals surface area contributed by atoms with E-state index in [0.717, 1.165) is 43.6 Å². The summed E-state index contributed by atoms with van der Waals surface area (Å²) in [6.45, 7) is 3.79. The second-order valence-electron chi connectivity index (χ2n) is 11.5. The molecule has 7 rings (SSSR count). The third-order valence-electron chi connectivity index (χ3n) is 8.37. The summed E-state index contributed by atoms with van der Waals surface area (Å²) in [4.78, 5) is 6.93. The SMILES string of the molecule is N#Cc1cnc2c(Cl)cc(N[C@@H](c3ccc(F)cc3)c3cn(C4CC4)nn3)cc2c1NC(CN1CCOCC1)c1ccccc1. The summed E-state index contributed by atoms with van der Waals surface area (Å²) in [5.74, 6) is -0.316. The lowest BCUT2D eigenvalue weighted by Gasteiger charge is -2.32. The van der Waals surface area contributed by atoms with Crippen LogP contribution in [0.5, 0.6) is 0 Å². The predicted octanol–water partition coefficient (Wildman–Crippen LogP) is 6.51. The Hall–Kier alpha value is -4.56. The number of hydrogen-bond acceptors (Lipinski definition) is 8. The molecule has 228 valence electrons. The third-order valence-corrected chi connectivity index (χ3v) is 8.66. The van der Waals surface area contributed by atoms with Crippen LogP contribution in [0.25, 0.3) is 10.9 Å². The second kappa shape index (κ2) is 12.8. The summed E-state index contributed by atoms with van der Waals surface area (Å²) >= 11 is 6.87. The Balaban J connectivity index is 1.28. The van der Waals surface area contributed by atoms with E-state index < -0.39 is 6.04 Å². The summed E-state index contributed by atoms with van der Waals surface area (Å²) in [5, 5.41) is 27.4. The highest BCUT2D eigenvalue weighted by Crippen LogP contribution is 2.38. The van der Waals surface area contributed by atoms with Crippen molar-refractivity contribution >= 4 is 33.9 Å². The van der Waals surface area contributed by atoms with Gasteiger partial charge in [-0.2, -0.15) is 5.26 Å². The van der Waals surface area contributed by atoms with E-state index in [9.17, 15) is 9.65 Å². The molecule has 0 radical (unpaired) electrons. The van der Waals surface area contributed by atoms with E-state index in [1.807, 2.05) is 41.2 Å². The first-order chi connectivity index (χ1) is 22.1. The number of hydrogen-bond donors (Lipinski definition) is 2. The van der Waals surface area contributed by atoms with E-state index in [0.29, 0.717) is 57.8 Å². The highest BCUT2D eigenvalue weighted by Gasteiger charge is 2.27. The van der Waals surface area contributed by atoms with E-state index in [1.54, 1.807) is 18.3 Å². The molecule has 1 unspecified atom stereocenters. The number of anilines is 2. The molecule has 2 aliphatic rings. The largest absolute Gasteiger partial charge is 0.379 e. The molecule has 2 atom stereocenters. The van der Waals surface area contributed by atoms with Crippen molar-refractivity contribution in [1.29, 1.82) is 5.26 Å². The molecular formula is C34H32ClFN8O. The summed E-state index contributed by atoms with van der Waals surface area (Å²) in [6.07, 6.45) is 5.67. The molecule has 45 heavy (non-hydrogen) atoms. The molecule has 2 fully saturated rings. The van der Waals surface area contributed by atoms with Crippen LogP contribution in [0.4, 0.5) is 15.8 Å². The minimum Gasteiger partial charge on any atom is -0.379 e. The standard InChI is InChI=1S/C34H32ClFN8O/c35-29-17-26(39-33(23-6-8-25(36)9-7-23)31-21-44(42-41-31)27-10-11-27)16-28-32(24(18-37)19-38-34(28)29)40-30(22-4-2-1-3-5-22)20-43-12-14-45-15-13-43/h1-9,16-17,19,21,27,30,33,39H,10-15,20H2,(H,38,40)/t30?,33-/m0/s1. The van der Waals surface area contributed by atoms with Gasteiger partial charge in [-0.1, -0.05) is 59.3 Å². The van der Waals surface area contributed by atoms with Crippen molar-refractivity contribution in [3.05, 3.63) is 112 Å². The van der Waals surface area contributed by atoms with Crippen molar-refractivity contribution in [1.82, 2.24) is 24.9 Å². The van der Waals surface area contributed by atoms with E-state index in [-0.39, 0.29) is 11.9 Å². The molecular weight excluding hydrogens is 591 g/mol. The van der Waals surface area contributed by atoms with Crippen LogP contribution in [0.15, 0.2) is 79.1 Å². The fraction of sp³-hybridized carbons (Fsp3) is 0.294. The van der Waals surface area contributed by atoms with Gasteiger partial charge in [-0.3, -0.25) is 9.88 Å². The maximum absolute atomic E-state index is 13.9. The Morgan fingerprint density at radius 3 is 2.53 bits per heavy atom. The minimum absolute atomic E-state index is 0.109. The van der Waals surface area contributed by atoms with Gasteiger partial charge in [-0.05, 0) is 48.2 Å². The van der Waals surface area contributed by atoms with Crippen LogP contribution in [-0.4, -0.2) is 57.7 Å². The smallest absolute Gasteiger partial charge is 0.123 e. The van der Waals surface area contributed by atoms with E-state index in [2.05, 4.69) is 49.0 Å². The first-order valence-electron chi connectivity index (χ1n) is 15.1. The monoisotopic (exact) mass is 622 g/mol. The molecule has 0 amide bonds. The van der Waals surface area contributed by atoms with Crippen molar-refractivity contribution in [2.45, 2.75) is 31.0 Å². The van der Waals surface area contributed by atoms with Crippen LogP contribution in [0.2, 0.25) is 5.02 Å². The summed E-state index contributed by atoms with van der Waals surface area (Å²) in [7, 11) is 0. The highest BCUT2D eigenvalue weighted by molar-refractivity contribution is 6.35. The normalized spacial score (nSPS) is 16.6. The lowest BCUT2D eigenvalue weighted by molar-refractivity contribution is 0.0361. The number of rotatable bonds is 10. The van der Waals surface area contributed by atoms with Crippen LogP contribution >= 0.6 is 11.6 Å². The van der Waals surface area contributed by atoms with Gasteiger partial charge < -0.3 is 15.4 Å². The van der Waals surface area contributed by atoms with Gasteiger partial charge in [0.1, 0.15) is 17.6 Å². The van der Waals surface area contributed by atoms with Gasteiger partial charge >= 0.3 is 0 Å². The number of morpholine rings is 1. The quantitative estimate of drug-likeness (QED) is 0.182. The Morgan fingerprint density at radius 1 is 1.02 bits per heavy atom. The van der Waals surface area contributed by atoms with Gasteiger partial charge in [0.2, 0.25) is 0 Å². The lowest BCUT2D eigenvalue weighted by atomic mass is 10.0. The molecule has 11 heteroatoms. The summed E-state index contributed by atoms with van der Waals surface area (Å²) < 4.78 is 21.4. The first kappa shape index (κ1) is 29.2. The fourth-order valence-electron chi connectivity index (χ4n) is 5.81. The van der Waals surface area contributed by atoms with Crippen molar-refractivity contribution in [2.75, 3.05) is 43.5 Å². The van der Waals surface area contributed by atoms with Gasteiger partial charge in [-0.25, -0.2) is 9.07 Å². The molecule has 9 nitrogen and oxygen atoms in total. The molecule has 3 heterocycles. The van der Waals surface area contributed by atoms with Crippen LogP contribution in [0.3, 0.4) is 0 Å². The summed E-state index contributed by atoms with van der Waals surface area (Å²) in [5.41, 5.74) is 5.00. The zero-order valence-electron chi connectivity index (χ0n) is 24.5. The fourth-order valence-corrected chi connectivity index (χ4v) is 6.08. The molecule has 1 saturated heterocycles. The van der Waals surface area contributed by atoms with Crippen molar-refractivity contribution < 1.29 is 9.13 Å². The summed E-state index contributed by atoms with van der Waals surface area (Å²) in [6, 6.07) is 22.5. The molecule has 0 bridgehead atoms. The minimum atomic E-state index is -0.423. The first-order valence-corrected chi connectivity index (χ1v) is 15.5. The molecule has 1 aliphatic heterocycles. The van der Waals surface area contributed by atoms with Crippen LogP contribution in [0, 0.1) is 17.1 Å². The van der Waals surface area contributed by atoms with Gasteiger partial charge in [-0.15, -0.1) is 5.10 Å². The predicted molar refractivity (Wildman–Crippen MR) is 172 cm³/mol. The van der Waals surface area contributed by atoms with E-state index in [1.165, 1.54) is 12.1 Å². The number of aromatic nitrogens is 4. The number of halogens is 2. The van der Waals surface area contributed by atoms with Crippen molar-refractivity contribution in [3.8, 4) is 6.07 Å². The molecule has 1 saturated carbocycles. The zero-order valence-corrected chi connectivity index (χ0v) is 25.3. The Bertz CT molecular complexity index is 1830.